The van der Waals surface area contributed by atoms with E-state index in [2.05, 4.69) is 10.3 Å². The van der Waals surface area contributed by atoms with Gasteiger partial charge in [0.2, 0.25) is 0 Å². The largest absolute Gasteiger partial charge is 0.376 e. The Kier molecular flexibility index (Phi) is 4.81. The molecule has 0 saturated heterocycles. The highest BCUT2D eigenvalue weighted by atomic mass is 35.5. The molecule has 0 amide bonds. The van der Waals surface area contributed by atoms with Gasteiger partial charge in [0, 0.05) is 25.8 Å². The summed E-state index contributed by atoms with van der Waals surface area (Å²) in [7, 11) is 3.23. The van der Waals surface area contributed by atoms with E-state index in [0.717, 1.165) is 22.2 Å². The number of aromatic nitrogens is 1. The molecule has 108 valence electrons. The minimum Gasteiger partial charge on any atom is -0.376 e. The Morgan fingerprint density at radius 3 is 2.65 bits per heavy atom. The van der Waals surface area contributed by atoms with Crippen LogP contribution in [-0.2, 0) is 9.47 Å². The van der Waals surface area contributed by atoms with E-state index >= 15 is 0 Å². The highest BCUT2D eigenvalue weighted by Crippen LogP contribution is 2.33. The van der Waals surface area contributed by atoms with Crippen molar-refractivity contribution in [2.45, 2.75) is 26.2 Å². The minimum absolute atomic E-state index is 0.0476. The third-order valence-corrected chi connectivity index (χ3v) is 3.58. The number of hydrogen-bond donors (Lipinski definition) is 1. The van der Waals surface area contributed by atoms with E-state index in [1.807, 2.05) is 32.0 Å². The molecule has 2 aromatic rings. The number of rotatable bonds is 5. The Morgan fingerprint density at radius 2 is 2.00 bits per heavy atom. The number of anilines is 1. The Hall–Kier alpha value is -1.36. The van der Waals surface area contributed by atoms with Gasteiger partial charge in [-0.2, -0.15) is 0 Å². The van der Waals surface area contributed by atoms with Crippen LogP contribution < -0.4 is 5.32 Å². The van der Waals surface area contributed by atoms with E-state index in [4.69, 9.17) is 21.1 Å². The highest BCUT2D eigenvalue weighted by molar-refractivity contribution is 6.35. The molecular formula is C15H19ClN2O2. The lowest BCUT2D eigenvalue weighted by Crippen LogP contribution is -2.33. The van der Waals surface area contributed by atoms with Crippen molar-refractivity contribution in [3.63, 3.8) is 0 Å². The summed E-state index contributed by atoms with van der Waals surface area (Å²) in [6.07, 6.45) is 1.43. The molecule has 0 aliphatic rings. The first-order valence-corrected chi connectivity index (χ1v) is 6.82. The van der Waals surface area contributed by atoms with Crippen LogP contribution in [0, 0.1) is 6.92 Å². The molecule has 1 atom stereocenters. The van der Waals surface area contributed by atoms with Crippen molar-refractivity contribution in [1.29, 1.82) is 0 Å². The maximum atomic E-state index is 6.37. The Bertz CT molecular complexity index is 600. The normalized spacial score (nSPS) is 12.9. The van der Waals surface area contributed by atoms with Gasteiger partial charge in [-0.1, -0.05) is 11.6 Å². The summed E-state index contributed by atoms with van der Waals surface area (Å²) in [5, 5.41) is 5.02. The topological polar surface area (TPSA) is 43.4 Å². The number of aryl methyl sites for hydroxylation is 1. The molecule has 0 aliphatic carbocycles. The van der Waals surface area contributed by atoms with Crippen molar-refractivity contribution < 1.29 is 9.47 Å². The Balaban J connectivity index is 2.44. The number of ether oxygens (including phenoxy) is 2. The molecule has 0 saturated carbocycles. The molecule has 1 unspecified atom stereocenters. The fourth-order valence-corrected chi connectivity index (χ4v) is 2.65. The quantitative estimate of drug-likeness (QED) is 0.856. The van der Waals surface area contributed by atoms with E-state index in [1.54, 1.807) is 20.4 Å². The highest BCUT2D eigenvalue weighted by Gasteiger charge is 2.18. The van der Waals surface area contributed by atoms with Crippen molar-refractivity contribution in [2.75, 3.05) is 19.5 Å². The number of methoxy groups -OCH3 is 2. The van der Waals surface area contributed by atoms with Crippen LogP contribution in [0.25, 0.3) is 10.9 Å². The zero-order valence-electron chi connectivity index (χ0n) is 12.1. The van der Waals surface area contributed by atoms with Crippen LogP contribution >= 0.6 is 11.6 Å². The fraction of sp³-hybridized carbons (Fsp3) is 0.400. The fourth-order valence-electron chi connectivity index (χ4n) is 2.33. The number of pyridine rings is 1. The Morgan fingerprint density at radius 1 is 1.30 bits per heavy atom. The first-order chi connectivity index (χ1) is 9.58. The molecule has 1 N–H and O–H groups in total. The van der Waals surface area contributed by atoms with Crippen LogP contribution in [0.4, 0.5) is 5.69 Å². The average Bonchev–Trinajstić information content (AvgIpc) is 2.45. The maximum absolute atomic E-state index is 6.37. The minimum atomic E-state index is -0.348. The van der Waals surface area contributed by atoms with E-state index in [-0.39, 0.29) is 12.3 Å². The molecule has 0 fully saturated rings. The smallest absolute Gasteiger partial charge is 0.176 e. The van der Waals surface area contributed by atoms with E-state index in [0.29, 0.717) is 5.02 Å². The average molecular weight is 295 g/mol. The molecule has 1 aromatic carbocycles. The van der Waals surface area contributed by atoms with Crippen LogP contribution in [0.1, 0.15) is 12.5 Å². The van der Waals surface area contributed by atoms with Gasteiger partial charge in [-0.15, -0.1) is 0 Å². The summed E-state index contributed by atoms with van der Waals surface area (Å²) in [5.41, 5.74) is 2.85. The summed E-state index contributed by atoms with van der Waals surface area (Å²) in [6, 6.07) is 5.78. The summed E-state index contributed by atoms with van der Waals surface area (Å²) in [6.45, 7) is 3.98. The summed E-state index contributed by atoms with van der Waals surface area (Å²) in [5.74, 6) is 0. The predicted molar refractivity (Wildman–Crippen MR) is 82.4 cm³/mol. The van der Waals surface area contributed by atoms with Crippen LogP contribution in [0.5, 0.6) is 0 Å². The number of hydrogen-bond acceptors (Lipinski definition) is 4. The number of fused-ring (bicyclic) bond motifs is 1. The number of nitrogens with zero attached hydrogens (tertiary/aromatic N) is 1. The van der Waals surface area contributed by atoms with E-state index < -0.39 is 0 Å². The SMILES string of the molecule is COC(OC)C(C)Nc1c(Cl)cc(C)c2ncccc12. The molecule has 0 spiro atoms. The van der Waals surface area contributed by atoms with Crippen LogP contribution in [-0.4, -0.2) is 31.5 Å². The summed E-state index contributed by atoms with van der Waals surface area (Å²) < 4.78 is 10.5. The van der Waals surface area contributed by atoms with Crippen LogP contribution in [0.15, 0.2) is 24.4 Å². The first-order valence-electron chi connectivity index (χ1n) is 6.44. The molecule has 20 heavy (non-hydrogen) atoms. The first kappa shape index (κ1) is 15.0. The van der Waals surface area contributed by atoms with Crippen molar-refractivity contribution in [3.05, 3.63) is 35.0 Å². The molecule has 0 radical (unpaired) electrons. The predicted octanol–water partition coefficient (Wildman–Crippen LogP) is 3.62. The standard InChI is InChI=1S/C15H19ClN2O2/c1-9-8-12(16)14(11-6-5-7-17-13(9)11)18-10(2)15(19-3)20-4/h5-8,10,15,18H,1-4H3. The Labute approximate surface area is 124 Å². The maximum Gasteiger partial charge on any atom is 0.176 e. The van der Waals surface area contributed by atoms with Gasteiger partial charge in [0.1, 0.15) is 0 Å². The second kappa shape index (κ2) is 6.39. The van der Waals surface area contributed by atoms with Crippen molar-refractivity contribution in [2.24, 2.45) is 0 Å². The zero-order valence-corrected chi connectivity index (χ0v) is 12.9. The van der Waals surface area contributed by atoms with Gasteiger partial charge in [0.25, 0.3) is 0 Å². The number of nitrogens with one attached hydrogen (secondary N) is 1. The van der Waals surface area contributed by atoms with Gasteiger partial charge in [-0.3, -0.25) is 4.98 Å². The molecular weight excluding hydrogens is 276 g/mol. The zero-order chi connectivity index (χ0) is 14.7. The van der Waals surface area contributed by atoms with Gasteiger partial charge in [0.15, 0.2) is 6.29 Å². The lowest BCUT2D eigenvalue weighted by atomic mass is 10.1. The van der Waals surface area contributed by atoms with Gasteiger partial charge in [-0.25, -0.2) is 0 Å². The molecule has 1 aromatic heterocycles. The third-order valence-electron chi connectivity index (χ3n) is 3.28. The summed E-state index contributed by atoms with van der Waals surface area (Å²) in [4.78, 5) is 4.41. The number of halogens is 1. The summed E-state index contributed by atoms with van der Waals surface area (Å²) >= 11 is 6.37. The molecule has 4 nitrogen and oxygen atoms in total. The lowest BCUT2D eigenvalue weighted by Gasteiger charge is -2.24. The molecule has 0 aliphatic heterocycles. The molecule has 1 heterocycles. The molecule has 5 heteroatoms. The van der Waals surface area contributed by atoms with E-state index in [9.17, 15) is 0 Å². The van der Waals surface area contributed by atoms with E-state index in [1.165, 1.54) is 0 Å². The van der Waals surface area contributed by atoms with Crippen LogP contribution in [0.2, 0.25) is 5.02 Å². The second-order valence-electron chi connectivity index (χ2n) is 4.72. The third kappa shape index (κ3) is 2.87. The second-order valence-corrected chi connectivity index (χ2v) is 5.13. The van der Waals surface area contributed by atoms with Gasteiger partial charge >= 0.3 is 0 Å². The monoisotopic (exact) mass is 294 g/mol. The lowest BCUT2D eigenvalue weighted by molar-refractivity contribution is -0.109. The molecule has 2 rings (SSSR count). The van der Waals surface area contributed by atoms with Crippen LogP contribution in [0.3, 0.4) is 0 Å². The molecule has 0 bridgehead atoms. The van der Waals surface area contributed by atoms with Crippen molar-refractivity contribution in [3.8, 4) is 0 Å². The van der Waals surface area contributed by atoms with Crippen molar-refractivity contribution in [1.82, 2.24) is 4.98 Å². The van der Waals surface area contributed by atoms with Crippen molar-refractivity contribution >= 4 is 28.2 Å². The van der Waals surface area contributed by atoms with Gasteiger partial charge in [0.05, 0.1) is 22.3 Å². The number of benzene rings is 1. The van der Waals surface area contributed by atoms with Gasteiger partial charge in [-0.05, 0) is 37.6 Å². The van der Waals surface area contributed by atoms with Gasteiger partial charge < -0.3 is 14.8 Å².